The van der Waals surface area contributed by atoms with Crippen LogP contribution >= 0.6 is 15.9 Å². The Kier molecular flexibility index (Phi) is 5.89. The van der Waals surface area contributed by atoms with Gasteiger partial charge in [-0.25, -0.2) is 0 Å². The maximum absolute atomic E-state index is 9.28. The zero-order valence-corrected chi connectivity index (χ0v) is 12.5. The average molecular weight is 305 g/mol. The van der Waals surface area contributed by atoms with Crippen molar-refractivity contribution in [3.8, 4) is 12.1 Å². The molecule has 0 aliphatic heterocycles. The smallest absolute Gasteiger partial charge is 0.101 e. The summed E-state index contributed by atoms with van der Waals surface area (Å²) in [6.45, 7) is 4.24. The Labute approximate surface area is 117 Å². The van der Waals surface area contributed by atoms with Crippen LogP contribution in [0.1, 0.15) is 48.9 Å². The molecule has 1 aromatic rings. The first-order valence-electron chi connectivity index (χ1n) is 6.29. The lowest BCUT2D eigenvalue weighted by molar-refractivity contribution is 0.879. The summed E-state index contributed by atoms with van der Waals surface area (Å²) in [4.78, 5) is 0. The van der Waals surface area contributed by atoms with Gasteiger partial charge in [-0.05, 0) is 45.5 Å². The fourth-order valence-electron chi connectivity index (χ4n) is 2.15. The molecular weight excluding hydrogens is 288 g/mol. The lowest BCUT2D eigenvalue weighted by atomic mass is 9.93. The molecule has 3 heteroatoms. The summed E-state index contributed by atoms with van der Waals surface area (Å²) in [5.41, 5.74) is 3.98. The fraction of sp³-hybridized carbons (Fsp3) is 0.467. The van der Waals surface area contributed by atoms with Crippen LogP contribution in [0.5, 0.6) is 0 Å². The average Bonchev–Trinajstić information content (AvgIpc) is 2.35. The van der Waals surface area contributed by atoms with Crippen LogP contribution in [0.25, 0.3) is 0 Å². The Morgan fingerprint density at radius 1 is 1.11 bits per heavy atom. The van der Waals surface area contributed by atoms with Gasteiger partial charge in [0, 0.05) is 4.47 Å². The summed E-state index contributed by atoms with van der Waals surface area (Å²) in [5, 5.41) is 18.2. The molecule has 1 aromatic carbocycles. The van der Waals surface area contributed by atoms with E-state index in [0.717, 1.165) is 41.3 Å². The molecule has 0 aliphatic carbocycles. The third-order valence-electron chi connectivity index (χ3n) is 2.95. The summed E-state index contributed by atoms with van der Waals surface area (Å²) < 4.78 is 0.820. The summed E-state index contributed by atoms with van der Waals surface area (Å²) in [6.07, 6.45) is 4.28. The molecular formula is C15H17BrN2. The molecule has 0 aliphatic rings. The van der Waals surface area contributed by atoms with Gasteiger partial charge in [0.1, 0.15) is 6.07 Å². The lowest BCUT2D eigenvalue weighted by Gasteiger charge is -2.14. The zero-order chi connectivity index (χ0) is 13.5. The van der Waals surface area contributed by atoms with E-state index in [4.69, 9.17) is 5.26 Å². The number of halogens is 1. The van der Waals surface area contributed by atoms with Gasteiger partial charge in [-0.15, -0.1) is 0 Å². The lowest BCUT2D eigenvalue weighted by Crippen LogP contribution is -2.02. The first kappa shape index (κ1) is 14.7. The molecule has 94 valence electrons. The second-order valence-electron chi connectivity index (χ2n) is 4.31. The van der Waals surface area contributed by atoms with E-state index in [1.54, 1.807) is 0 Å². The highest BCUT2D eigenvalue weighted by Crippen LogP contribution is 2.30. The highest BCUT2D eigenvalue weighted by Gasteiger charge is 2.15. The molecule has 0 atom stereocenters. The predicted molar refractivity (Wildman–Crippen MR) is 76.2 cm³/mol. The molecule has 0 bridgehead atoms. The van der Waals surface area contributed by atoms with Crippen molar-refractivity contribution in [3.05, 3.63) is 32.8 Å². The predicted octanol–water partition coefficient (Wildman–Crippen LogP) is 4.29. The van der Waals surface area contributed by atoms with Crippen molar-refractivity contribution >= 4 is 15.9 Å². The van der Waals surface area contributed by atoms with Crippen LogP contribution in [0.4, 0.5) is 0 Å². The first-order chi connectivity index (χ1) is 8.69. The molecule has 0 amide bonds. The van der Waals surface area contributed by atoms with E-state index in [1.807, 2.05) is 0 Å². The van der Waals surface area contributed by atoms with E-state index >= 15 is 0 Å². The molecule has 1 rings (SSSR count). The Morgan fingerprint density at radius 3 is 2.22 bits per heavy atom. The van der Waals surface area contributed by atoms with Crippen LogP contribution in [0, 0.1) is 22.7 Å². The van der Waals surface area contributed by atoms with Gasteiger partial charge in [0.25, 0.3) is 0 Å². The Morgan fingerprint density at radius 2 is 1.72 bits per heavy atom. The van der Waals surface area contributed by atoms with E-state index in [2.05, 4.69) is 48.0 Å². The number of aryl methyl sites for hydroxylation is 2. The van der Waals surface area contributed by atoms with E-state index < -0.39 is 0 Å². The molecule has 0 saturated heterocycles. The Bertz CT molecular complexity index is 507. The maximum Gasteiger partial charge on any atom is 0.101 e. The van der Waals surface area contributed by atoms with Gasteiger partial charge in [-0.1, -0.05) is 32.8 Å². The minimum Gasteiger partial charge on any atom is -0.198 e. The number of rotatable bonds is 5. The van der Waals surface area contributed by atoms with Gasteiger partial charge < -0.3 is 0 Å². The van der Waals surface area contributed by atoms with E-state index in [9.17, 15) is 5.26 Å². The largest absolute Gasteiger partial charge is 0.198 e. The van der Waals surface area contributed by atoms with Crippen molar-refractivity contribution in [2.24, 2.45) is 0 Å². The zero-order valence-electron chi connectivity index (χ0n) is 10.9. The molecule has 0 unspecified atom stereocenters. The summed E-state index contributed by atoms with van der Waals surface area (Å²) in [7, 11) is 0. The first-order valence-corrected chi connectivity index (χ1v) is 7.08. The molecule has 0 N–H and O–H groups in total. The third kappa shape index (κ3) is 3.12. The van der Waals surface area contributed by atoms with Crippen LogP contribution in [0.2, 0.25) is 0 Å². The third-order valence-corrected chi connectivity index (χ3v) is 3.82. The molecule has 0 fully saturated rings. The van der Waals surface area contributed by atoms with Gasteiger partial charge >= 0.3 is 0 Å². The number of hydrogen-bond acceptors (Lipinski definition) is 2. The summed E-state index contributed by atoms with van der Waals surface area (Å²) >= 11 is 3.51. The highest BCUT2D eigenvalue weighted by atomic mass is 79.9. The topological polar surface area (TPSA) is 47.6 Å². The molecule has 0 aromatic heterocycles. The molecule has 0 saturated carbocycles. The van der Waals surface area contributed by atoms with E-state index in [1.165, 1.54) is 5.56 Å². The molecule has 2 nitrogen and oxygen atoms in total. The Hall–Kier alpha value is -1.32. The highest BCUT2D eigenvalue weighted by molar-refractivity contribution is 9.10. The number of benzene rings is 1. The van der Waals surface area contributed by atoms with Gasteiger partial charge in [0.05, 0.1) is 18.1 Å². The van der Waals surface area contributed by atoms with Gasteiger partial charge in [0.2, 0.25) is 0 Å². The summed E-state index contributed by atoms with van der Waals surface area (Å²) in [6, 6.07) is 6.56. The molecule has 0 radical (unpaired) electrons. The Balaban J connectivity index is 3.42. The van der Waals surface area contributed by atoms with Gasteiger partial charge in [-0.2, -0.15) is 10.5 Å². The second-order valence-corrected chi connectivity index (χ2v) is 5.10. The number of hydrogen-bond donors (Lipinski definition) is 0. The van der Waals surface area contributed by atoms with Crippen LogP contribution in [0.15, 0.2) is 10.5 Å². The quantitative estimate of drug-likeness (QED) is 0.814. The summed E-state index contributed by atoms with van der Waals surface area (Å²) in [5.74, 6) is 0. The number of nitriles is 2. The number of nitrogens with zero attached hydrogens (tertiary/aromatic N) is 2. The van der Waals surface area contributed by atoms with E-state index in [-0.39, 0.29) is 0 Å². The SMILES string of the molecule is CCCc1cc(CCC)c(CC#N)c(Br)c1C#N. The molecule has 0 spiro atoms. The minimum atomic E-state index is 0.358. The molecule has 18 heavy (non-hydrogen) atoms. The van der Waals surface area contributed by atoms with Crippen molar-refractivity contribution in [2.75, 3.05) is 0 Å². The maximum atomic E-state index is 9.28. The van der Waals surface area contributed by atoms with Crippen LogP contribution in [-0.2, 0) is 19.3 Å². The van der Waals surface area contributed by atoms with Crippen molar-refractivity contribution in [1.82, 2.24) is 0 Å². The molecule has 0 heterocycles. The van der Waals surface area contributed by atoms with Crippen LogP contribution in [-0.4, -0.2) is 0 Å². The van der Waals surface area contributed by atoms with Crippen molar-refractivity contribution < 1.29 is 0 Å². The van der Waals surface area contributed by atoms with Gasteiger partial charge in [-0.3, -0.25) is 0 Å². The standard InChI is InChI=1S/C15H17BrN2/c1-3-5-11-9-12(6-4-2)14(10-18)15(16)13(11)7-8-17/h9H,3-7H2,1-2H3. The minimum absolute atomic E-state index is 0.358. The fourth-order valence-corrected chi connectivity index (χ4v) is 2.89. The van der Waals surface area contributed by atoms with Gasteiger partial charge in [0.15, 0.2) is 0 Å². The second kappa shape index (κ2) is 7.19. The van der Waals surface area contributed by atoms with Crippen molar-refractivity contribution in [1.29, 1.82) is 10.5 Å². The van der Waals surface area contributed by atoms with Crippen LogP contribution < -0.4 is 0 Å². The van der Waals surface area contributed by atoms with Crippen molar-refractivity contribution in [2.45, 2.75) is 46.0 Å². The normalized spacial score (nSPS) is 9.83. The van der Waals surface area contributed by atoms with E-state index in [0.29, 0.717) is 12.0 Å². The van der Waals surface area contributed by atoms with Crippen molar-refractivity contribution in [3.63, 3.8) is 0 Å². The monoisotopic (exact) mass is 304 g/mol. The van der Waals surface area contributed by atoms with Crippen LogP contribution in [0.3, 0.4) is 0 Å².